The van der Waals surface area contributed by atoms with Gasteiger partial charge in [-0.05, 0) is 28.9 Å². The average molecular weight is 329 g/mol. The number of ether oxygens (including phenoxy) is 1. The topological polar surface area (TPSA) is 41.6 Å². The monoisotopic (exact) mass is 328 g/mol. The van der Waals surface area contributed by atoms with E-state index in [0.29, 0.717) is 29.9 Å². The Morgan fingerprint density at radius 2 is 2.32 bits per heavy atom. The van der Waals surface area contributed by atoms with Gasteiger partial charge in [-0.25, -0.2) is 4.39 Å². The maximum Gasteiger partial charge on any atom is 0.232 e. The molecule has 0 aliphatic carbocycles. The first kappa shape index (κ1) is 12.9. The maximum absolute atomic E-state index is 13.8. The summed E-state index contributed by atoms with van der Waals surface area (Å²) >= 11 is 3.15. The van der Waals surface area contributed by atoms with Crippen LogP contribution in [0.5, 0.6) is 0 Å². The third kappa shape index (κ3) is 2.03. The zero-order chi connectivity index (χ0) is 13.6. The van der Waals surface area contributed by atoms with Crippen molar-refractivity contribution in [3.63, 3.8) is 0 Å². The Kier molecular flexibility index (Phi) is 3.22. The van der Waals surface area contributed by atoms with E-state index in [-0.39, 0.29) is 23.7 Å². The van der Waals surface area contributed by atoms with Gasteiger partial charge < -0.3 is 15.0 Å². The summed E-state index contributed by atoms with van der Waals surface area (Å²) in [4.78, 5) is 14.2. The van der Waals surface area contributed by atoms with Crippen LogP contribution in [0.3, 0.4) is 0 Å². The normalized spacial score (nSPS) is 25.6. The summed E-state index contributed by atoms with van der Waals surface area (Å²) in [5, 5.41) is 2.87. The van der Waals surface area contributed by atoms with E-state index in [1.165, 1.54) is 6.07 Å². The van der Waals surface area contributed by atoms with Gasteiger partial charge in [-0.3, -0.25) is 4.79 Å². The van der Waals surface area contributed by atoms with Gasteiger partial charge in [0.25, 0.3) is 0 Å². The highest BCUT2D eigenvalue weighted by Crippen LogP contribution is 2.38. The highest BCUT2D eigenvalue weighted by atomic mass is 79.9. The van der Waals surface area contributed by atoms with Crippen molar-refractivity contribution in [1.82, 2.24) is 0 Å². The van der Waals surface area contributed by atoms with Crippen LogP contribution in [0.4, 0.5) is 15.8 Å². The van der Waals surface area contributed by atoms with Gasteiger partial charge in [0.15, 0.2) is 0 Å². The molecular formula is C13H14BrFN2O2. The zero-order valence-corrected chi connectivity index (χ0v) is 12.0. The second-order valence-electron chi connectivity index (χ2n) is 4.77. The average Bonchev–Trinajstić information content (AvgIpc) is 2.81. The van der Waals surface area contributed by atoms with Crippen molar-refractivity contribution in [2.45, 2.75) is 13.0 Å². The summed E-state index contributed by atoms with van der Waals surface area (Å²) in [5.41, 5.74) is 1.36. The minimum Gasteiger partial charge on any atom is -0.378 e. The van der Waals surface area contributed by atoms with Crippen LogP contribution in [0.25, 0.3) is 0 Å². The number of carbonyl (C=O) groups excluding carboxylic acids is 1. The van der Waals surface area contributed by atoms with Crippen LogP contribution in [0, 0.1) is 11.7 Å². The van der Waals surface area contributed by atoms with Crippen molar-refractivity contribution in [3.05, 3.63) is 22.4 Å². The van der Waals surface area contributed by atoms with E-state index >= 15 is 0 Å². The molecule has 19 heavy (non-hydrogen) atoms. The minimum absolute atomic E-state index is 0.0215. The van der Waals surface area contributed by atoms with Gasteiger partial charge in [0.2, 0.25) is 5.91 Å². The molecule has 2 unspecified atom stereocenters. The summed E-state index contributed by atoms with van der Waals surface area (Å²) in [5.74, 6) is -0.587. The third-order valence-corrected chi connectivity index (χ3v) is 4.34. The molecule has 0 saturated carbocycles. The van der Waals surface area contributed by atoms with Crippen molar-refractivity contribution in [3.8, 4) is 0 Å². The Balaban J connectivity index is 2.13. The Hall–Kier alpha value is -1.14. The molecule has 2 heterocycles. The summed E-state index contributed by atoms with van der Waals surface area (Å²) in [7, 11) is 0. The lowest BCUT2D eigenvalue weighted by atomic mass is 10.0. The number of hydrogen-bond donors (Lipinski definition) is 1. The number of rotatable bonds is 1. The highest BCUT2D eigenvalue weighted by molar-refractivity contribution is 9.10. The van der Waals surface area contributed by atoms with E-state index in [0.717, 1.165) is 5.69 Å². The molecule has 1 N–H and O–H groups in total. The molecule has 2 atom stereocenters. The van der Waals surface area contributed by atoms with Crippen LogP contribution in [0.1, 0.15) is 6.92 Å². The van der Waals surface area contributed by atoms with E-state index in [4.69, 9.17) is 4.74 Å². The van der Waals surface area contributed by atoms with Crippen LogP contribution in [0.2, 0.25) is 0 Å². The largest absolute Gasteiger partial charge is 0.378 e. The van der Waals surface area contributed by atoms with Gasteiger partial charge in [0.1, 0.15) is 5.82 Å². The summed E-state index contributed by atoms with van der Waals surface area (Å²) < 4.78 is 19.5. The van der Waals surface area contributed by atoms with Gasteiger partial charge in [-0.15, -0.1) is 0 Å². The van der Waals surface area contributed by atoms with Gasteiger partial charge in [0.05, 0.1) is 41.0 Å². The molecule has 1 aromatic rings. The molecule has 6 heteroatoms. The predicted octanol–water partition coefficient (Wildman–Crippen LogP) is 2.38. The number of halogens is 2. The second-order valence-corrected chi connectivity index (χ2v) is 5.62. The van der Waals surface area contributed by atoms with Crippen molar-refractivity contribution in [2.24, 2.45) is 5.92 Å². The first-order valence-electron chi connectivity index (χ1n) is 6.26. The van der Waals surface area contributed by atoms with E-state index < -0.39 is 0 Å². The van der Waals surface area contributed by atoms with E-state index in [1.807, 2.05) is 11.8 Å². The molecule has 3 rings (SSSR count). The van der Waals surface area contributed by atoms with Gasteiger partial charge in [-0.1, -0.05) is 0 Å². The Morgan fingerprint density at radius 1 is 1.53 bits per heavy atom. The van der Waals surface area contributed by atoms with Crippen LogP contribution < -0.4 is 10.2 Å². The molecule has 102 valence electrons. The number of benzene rings is 1. The number of anilines is 2. The molecule has 1 saturated heterocycles. The summed E-state index contributed by atoms with van der Waals surface area (Å²) in [6, 6.07) is 3.06. The first-order valence-corrected chi connectivity index (χ1v) is 7.05. The Morgan fingerprint density at radius 3 is 3.05 bits per heavy atom. The first-order chi connectivity index (χ1) is 9.11. The van der Waals surface area contributed by atoms with E-state index in [1.54, 1.807) is 6.07 Å². The van der Waals surface area contributed by atoms with Crippen molar-refractivity contribution < 1.29 is 13.9 Å². The molecule has 1 fully saturated rings. The maximum atomic E-state index is 13.8. The second kappa shape index (κ2) is 4.76. The molecule has 0 bridgehead atoms. The predicted molar refractivity (Wildman–Crippen MR) is 73.8 cm³/mol. The minimum atomic E-state index is -0.330. The van der Waals surface area contributed by atoms with Crippen LogP contribution >= 0.6 is 15.9 Å². The standard InChI is InChI=1S/C13H14BrFN2O2/c1-2-17-11-4-9(15)8(14)3-10(11)16-13(18)7-5-19-6-12(7)17/h3-4,7,12H,2,5-6H2,1H3,(H,16,18). The third-order valence-electron chi connectivity index (χ3n) is 3.73. The Bertz CT molecular complexity index is 538. The number of nitrogens with zero attached hydrogens (tertiary/aromatic N) is 1. The fraction of sp³-hybridized carbons (Fsp3) is 0.462. The SMILES string of the molecule is CCN1c2cc(F)c(Br)cc2NC(=O)C2COCC21. The lowest BCUT2D eigenvalue weighted by Gasteiger charge is -2.30. The van der Waals surface area contributed by atoms with Crippen LogP contribution in [-0.4, -0.2) is 31.7 Å². The smallest absolute Gasteiger partial charge is 0.232 e. The summed E-state index contributed by atoms with van der Waals surface area (Å²) in [6.07, 6.45) is 0. The molecular weight excluding hydrogens is 315 g/mol. The molecule has 2 aliphatic heterocycles. The van der Waals surface area contributed by atoms with Gasteiger partial charge in [0, 0.05) is 12.6 Å². The fourth-order valence-electron chi connectivity index (χ4n) is 2.78. The molecule has 4 nitrogen and oxygen atoms in total. The number of likely N-dealkylation sites (N-methyl/N-ethyl adjacent to an activating group) is 1. The molecule has 0 aromatic heterocycles. The lowest BCUT2D eigenvalue weighted by Crippen LogP contribution is -2.42. The lowest BCUT2D eigenvalue weighted by molar-refractivity contribution is -0.120. The van der Waals surface area contributed by atoms with E-state index in [2.05, 4.69) is 21.2 Å². The number of nitrogens with one attached hydrogen (secondary N) is 1. The number of carbonyl (C=O) groups is 1. The quantitative estimate of drug-likeness (QED) is 0.860. The Labute approximate surface area is 119 Å². The van der Waals surface area contributed by atoms with Gasteiger partial charge >= 0.3 is 0 Å². The molecule has 2 aliphatic rings. The van der Waals surface area contributed by atoms with Crippen LogP contribution in [-0.2, 0) is 9.53 Å². The molecule has 1 amide bonds. The van der Waals surface area contributed by atoms with E-state index in [9.17, 15) is 9.18 Å². The van der Waals surface area contributed by atoms with Crippen molar-refractivity contribution in [2.75, 3.05) is 30.0 Å². The molecule has 1 aromatic carbocycles. The number of hydrogen-bond acceptors (Lipinski definition) is 3. The van der Waals surface area contributed by atoms with Crippen molar-refractivity contribution in [1.29, 1.82) is 0 Å². The molecule has 0 spiro atoms. The van der Waals surface area contributed by atoms with Crippen molar-refractivity contribution >= 4 is 33.2 Å². The van der Waals surface area contributed by atoms with Crippen LogP contribution in [0.15, 0.2) is 16.6 Å². The van der Waals surface area contributed by atoms with Gasteiger partial charge in [-0.2, -0.15) is 0 Å². The molecule has 0 radical (unpaired) electrons. The highest BCUT2D eigenvalue weighted by Gasteiger charge is 2.41. The zero-order valence-electron chi connectivity index (χ0n) is 10.5. The fourth-order valence-corrected chi connectivity index (χ4v) is 3.13. The number of amides is 1. The number of fused-ring (bicyclic) bond motifs is 2. The summed E-state index contributed by atoms with van der Waals surface area (Å²) in [6.45, 7) is 3.62.